The predicted molar refractivity (Wildman–Crippen MR) is 137 cm³/mol. The van der Waals surface area contributed by atoms with E-state index in [-0.39, 0.29) is 12.0 Å². The molecule has 2 heterocycles. The summed E-state index contributed by atoms with van der Waals surface area (Å²) in [5.41, 5.74) is 0.693. The highest BCUT2D eigenvalue weighted by Gasteiger charge is 2.41. The third-order valence-corrected chi connectivity index (χ3v) is 7.11. The molecule has 0 spiro atoms. The summed E-state index contributed by atoms with van der Waals surface area (Å²) < 4.78 is 33.1. The molecule has 1 saturated carbocycles. The maximum atomic E-state index is 13.3. The summed E-state index contributed by atoms with van der Waals surface area (Å²) in [5, 5.41) is 7.54. The maximum absolute atomic E-state index is 13.3. The number of carbonyl (C=O) groups excluding carboxylic acids is 2. The molecule has 194 valence electrons. The van der Waals surface area contributed by atoms with E-state index in [1.54, 1.807) is 6.07 Å². The van der Waals surface area contributed by atoms with Gasteiger partial charge in [-0.05, 0) is 49.9 Å². The lowest BCUT2D eigenvalue weighted by atomic mass is 9.79. The highest BCUT2D eigenvalue weighted by molar-refractivity contribution is 7.89. The fourth-order valence-electron chi connectivity index (χ4n) is 4.47. The molecule has 36 heavy (non-hydrogen) atoms. The summed E-state index contributed by atoms with van der Waals surface area (Å²) in [6, 6.07) is 9.67. The van der Waals surface area contributed by atoms with Crippen LogP contribution in [0, 0.1) is 0 Å². The Balaban J connectivity index is 1.60. The summed E-state index contributed by atoms with van der Waals surface area (Å²) in [6.07, 6.45) is 9.56. The van der Waals surface area contributed by atoms with E-state index in [1.165, 1.54) is 12.8 Å². The van der Waals surface area contributed by atoms with Gasteiger partial charge in [-0.1, -0.05) is 38.3 Å². The van der Waals surface area contributed by atoms with Crippen molar-refractivity contribution >= 4 is 27.4 Å². The summed E-state index contributed by atoms with van der Waals surface area (Å²) in [6.45, 7) is 4.71. The number of ether oxygens (including phenoxy) is 1. The number of rotatable bonds is 11. The average Bonchev–Trinajstić information content (AvgIpc) is 3.54. The zero-order valence-electron chi connectivity index (χ0n) is 21.0. The minimum atomic E-state index is -3.85. The minimum Gasteiger partial charge on any atom is -0.494 e. The fraction of sp³-hybridized carbons (Fsp3) is 0.500. The second-order valence-electron chi connectivity index (χ2n) is 9.87. The van der Waals surface area contributed by atoms with Crippen LogP contribution < -0.4 is 14.8 Å². The number of benzene rings is 1. The van der Waals surface area contributed by atoms with Gasteiger partial charge in [0, 0.05) is 18.2 Å². The molecule has 1 atom stereocenters. The van der Waals surface area contributed by atoms with Crippen LogP contribution in [0.3, 0.4) is 0 Å². The second-order valence-corrected chi connectivity index (χ2v) is 11.6. The molecule has 1 fully saturated rings. The van der Waals surface area contributed by atoms with Crippen LogP contribution in [-0.2, 0) is 25.2 Å². The van der Waals surface area contributed by atoms with Crippen LogP contribution in [0.4, 0.5) is 0 Å². The van der Waals surface area contributed by atoms with Crippen molar-refractivity contribution in [2.45, 2.75) is 70.4 Å². The second kappa shape index (κ2) is 10.5. The van der Waals surface area contributed by atoms with Crippen molar-refractivity contribution in [3.05, 3.63) is 53.4 Å². The SMILES string of the molecule is CCCCCCOc1ccc(C2(C)CC(c3ccn(C4CC4)n3)=C(C(=O)NS(C)(=O)=O)C(=O)N2)cc1. The first kappa shape index (κ1) is 25.9. The lowest BCUT2D eigenvalue weighted by Crippen LogP contribution is -2.50. The number of unbranched alkanes of at least 4 members (excludes halogenated alkanes) is 3. The quantitative estimate of drug-likeness (QED) is 0.350. The Morgan fingerprint density at radius 2 is 1.92 bits per heavy atom. The fourth-order valence-corrected chi connectivity index (χ4v) is 4.91. The number of nitrogens with one attached hydrogen (secondary N) is 2. The first-order valence-corrected chi connectivity index (χ1v) is 14.4. The van der Waals surface area contributed by atoms with Gasteiger partial charge >= 0.3 is 0 Å². The monoisotopic (exact) mass is 514 g/mol. The van der Waals surface area contributed by atoms with Gasteiger partial charge in [0.2, 0.25) is 10.0 Å². The molecule has 1 aromatic carbocycles. The molecule has 1 aromatic heterocycles. The van der Waals surface area contributed by atoms with E-state index >= 15 is 0 Å². The molecule has 2 N–H and O–H groups in total. The van der Waals surface area contributed by atoms with E-state index in [9.17, 15) is 18.0 Å². The highest BCUT2D eigenvalue weighted by atomic mass is 32.2. The smallest absolute Gasteiger partial charge is 0.270 e. The molecule has 9 nitrogen and oxygen atoms in total. The Morgan fingerprint density at radius 1 is 1.19 bits per heavy atom. The van der Waals surface area contributed by atoms with Crippen molar-refractivity contribution in [1.29, 1.82) is 0 Å². The van der Waals surface area contributed by atoms with Crippen molar-refractivity contribution in [3.8, 4) is 5.75 Å². The standard InChI is InChI=1S/C26H34N4O5S/c1-4-5-6-7-16-35-20-12-8-18(9-13-20)26(2)17-21(22-14-15-30(28-22)19-10-11-19)23(24(31)27-26)25(32)29-36(3,33)34/h8-9,12-15,19H,4-7,10-11,16-17H2,1-3H3,(H,27,31)(H,29,32). The molecule has 1 unspecified atom stereocenters. The van der Waals surface area contributed by atoms with E-state index in [1.807, 2.05) is 46.8 Å². The summed E-state index contributed by atoms with van der Waals surface area (Å²) in [5.74, 6) is -0.842. The third kappa shape index (κ3) is 6.16. The summed E-state index contributed by atoms with van der Waals surface area (Å²) >= 11 is 0. The molecule has 1 aliphatic heterocycles. The average molecular weight is 515 g/mol. The topological polar surface area (TPSA) is 119 Å². The van der Waals surface area contributed by atoms with Crippen LogP contribution in [0.1, 0.15) is 76.1 Å². The Kier molecular flexibility index (Phi) is 7.54. The normalized spacial score (nSPS) is 20.2. The Labute approximate surface area is 212 Å². The molecule has 0 saturated heterocycles. The first-order chi connectivity index (χ1) is 17.1. The van der Waals surface area contributed by atoms with Crippen molar-refractivity contribution < 1.29 is 22.7 Å². The van der Waals surface area contributed by atoms with E-state index < -0.39 is 27.4 Å². The predicted octanol–water partition coefficient (Wildman–Crippen LogP) is 3.44. The van der Waals surface area contributed by atoms with Gasteiger partial charge in [0.1, 0.15) is 11.3 Å². The molecule has 10 heteroatoms. The van der Waals surface area contributed by atoms with Gasteiger partial charge < -0.3 is 10.1 Å². The number of hydrogen-bond donors (Lipinski definition) is 2. The van der Waals surface area contributed by atoms with Gasteiger partial charge in [-0.3, -0.25) is 14.3 Å². The maximum Gasteiger partial charge on any atom is 0.270 e. The molecule has 0 bridgehead atoms. The number of amides is 2. The molecule has 2 aromatic rings. The molecule has 2 aliphatic rings. The van der Waals surface area contributed by atoms with Gasteiger partial charge in [0.05, 0.1) is 30.1 Å². The van der Waals surface area contributed by atoms with Crippen LogP contribution in [0.15, 0.2) is 42.1 Å². The lowest BCUT2D eigenvalue weighted by Gasteiger charge is -2.37. The van der Waals surface area contributed by atoms with E-state index in [2.05, 4.69) is 17.3 Å². The van der Waals surface area contributed by atoms with E-state index in [0.29, 0.717) is 23.9 Å². The Bertz CT molecular complexity index is 1260. The molecule has 2 amide bonds. The van der Waals surface area contributed by atoms with Gasteiger partial charge in [0.25, 0.3) is 11.8 Å². The van der Waals surface area contributed by atoms with Crippen molar-refractivity contribution in [3.63, 3.8) is 0 Å². The zero-order chi connectivity index (χ0) is 25.9. The Morgan fingerprint density at radius 3 is 2.56 bits per heavy atom. The molecular weight excluding hydrogens is 480 g/mol. The number of carbonyl (C=O) groups is 2. The van der Waals surface area contributed by atoms with E-state index in [0.717, 1.165) is 43.3 Å². The van der Waals surface area contributed by atoms with Gasteiger partial charge in [0.15, 0.2) is 0 Å². The van der Waals surface area contributed by atoms with E-state index in [4.69, 9.17) is 4.74 Å². The molecule has 4 rings (SSSR count). The number of sulfonamides is 1. The third-order valence-electron chi connectivity index (χ3n) is 6.55. The van der Waals surface area contributed by atoms with Crippen LogP contribution in [0.2, 0.25) is 0 Å². The number of hydrogen-bond acceptors (Lipinski definition) is 6. The number of aromatic nitrogens is 2. The Hall–Kier alpha value is -3.14. The zero-order valence-corrected chi connectivity index (χ0v) is 21.9. The van der Waals surface area contributed by atoms with Crippen LogP contribution >= 0.6 is 0 Å². The summed E-state index contributed by atoms with van der Waals surface area (Å²) in [4.78, 5) is 26.1. The van der Waals surface area contributed by atoms with Crippen molar-refractivity contribution in [2.24, 2.45) is 0 Å². The molecular formula is C26H34N4O5S. The highest BCUT2D eigenvalue weighted by Crippen LogP contribution is 2.40. The van der Waals surface area contributed by atoms with Crippen molar-refractivity contribution in [2.75, 3.05) is 12.9 Å². The molecule has 1 aliphatic carbocycles. The largest absolute Gasteiger partial charge is 0.494 e. The van der Waals surface area contributed by atoms with Crippen LogP contribution in [-0.4, -0.2) is 42.9 Å². The van der Waals surface area contributed by atoms with Crippen LogP contribution in [0.25, 0.3) is 5.57 Å². The number of nitrogens with zero attached hydrogens (tertiary/aromatic N) is 2. The van der Waals surface area contributed by atoms with Gasteiger partial charge in [-0.2, -0.15) is 5.10 Å². The van der Waals surface area contributed by atoms with Crippen LogP contribution in [0.5, 0.6) is 5.75 Å². The minimum absolute atomic E-state index is 0.231. The first-order valence-electron chi connectivity index (χ1n) is 12.5. The lowest BCUT2D eigenvalue weighted by molar-refractivity contribution is -0.124. The molecule has 0 radical (unpaired) electrons. The van der Waals surface area contributed by atoms with Gasteiger partial charge in [-0.15, -0.1) is 0 Å². The van der Waals surface area contributed by atoms with Gasteiger partial charge in [-0.25, -0.2) is 13.1 Å². The summed E-state index contributed by atoms with van der Waals surface area (Å²) in [7, 11) is -3.85. The van der Waals surface area contributed by atoms with Crippen molar-refractivity contribution in [1.82, 2.24) is 19.8 Å².